The summed E-state index contributed by atoms with van der Waals surface area (Å²) in [6, 6.07) is 0. The number of aromatic amines is 1. The van der Waals surface area contributed by atoms with Gasteiger partial charge in [0.05, 0.1) is 5.39 Å². The van der Waals surface area contributed by atoms with Crippen LogP contribution in [0.1, 0.15) is 23.7 Å². The van der Waals surface area contributed by atoms with Crippen molar-refractivity contribution in [3.63, 3.8) is 0 Å². The molecule has 1 aliphatic rings. The van der Waals surface area contributed by atoms with E-state index in [1.54, 1.807) is 11.7 Å². The van der Waals surface area contributed by atoms with E-state index in [-0.39, 0.29) is 42.2 Å². The van der Waals surface area contributed by atoms with Crippen LogP contribution in [0.15, 0.2) is 4.79 Å². The van der Waals surface area contributed by atoms with Gasteiger partial charge < -0.3 is 10.6 Å². The lowest BCUT2D eigenvalue weighted by molar-refractivity contribution is -0.126. The molecule has 140 valence electrons. The van der Waals surface area contributed by atoms with Crippen LogP contribution in [0.2, 0.25) is 0 Å². The fraction of sp³-hybridized carbons (Fsp3) is 0.562. The van der Waals surface area contributed by atoms with E-state index in [4.69, 9.17) is 0 Å². The molecule has 7 nitrogen and oxygen atoms in total. The first-order valence-corrected chi connectivity index (χ1v) is 7.93. The molecule has 0 spiro atoms. The molecule has 1 saturated heterocycles. The van der Waals surface area contributed by atoms with Crippen LogP contribution in [0.25, 0.3) is 11.0 Å². The first-order chi connectivity index (χ1) is 10.9. The number of nitrogens with zero attached hydrogens (tertiary/aromatic N) is 2. The normalized spacial score (nSPS) is 15.0. The van der Waals surface area contributed by atoms with E-state index in [9.17, 15) is 9.59 Å². The summed E-state index contributed by atoms with van der Waals surface area (Å²) in [4.78, 5) is 28.8. The van der Waals surface area contributed by atoms with Crippen molar-refractivity contribution in [2.75, 3.05) is 13.1 Å². The Morgan fingerprint density at radius 1 is 1.36 bits per heavy atom. The molecule has 0 radical (unpaired) electrons. The highest BCUT2D eigenvalue weighted by atomic mass is 35.5. The molecule has 9 heteroatoms. The second kappa shape index (κ2) is 8.21. The van der Waals surface area contributed by atoms with Gasteiger partial charge in [-0.05, 0) is 44.0 Å². The van der Waals surface area contributed by atoms with E-state index >= 15 is 0 Å². The largest absolute Gasteiger partial charge is 0.352 e. The van der Waals surface area contributed by atoms with Crippen LogP contribution in [0.3, 0.4) is 0 Å². The Bertz CT molecular complexity index is 826. The average Bonchev–Trinajstić information content (AvgIpc) is 2.71. The molecule has 0 bridgehead atoms. The van der Waals surface area contributed by atoms with Crippen molar-refractivity contribution in [3.05, 3.63) is 27.2 Å². The lowest BCUT2D eigenvalue weighted by atomic mass is 9.88. The number of fused-ring (bicyclic) bond motifs is 1. The highest BCUT2D eigenvalue weighted by molar-refractivity contribution is 5.85. The second-order valence-corrected chi connectivity index (χ2v) is 6.42. The van der Waals surface area contributed by atoms with E-state index in [0.29, 0.717) is 23.5 Å². The number of amides is 1. The number of rotatable bonds is 4. The highest BCUT2D eigenvalue weighted by Gasteiger charge is 2.28. The third-order valence-corrected chi connectivity index (χ3v) is 4.95. The smallest absolute Gasteiger partial charge is 0.273 e. The summed E-state index contributed by atoms with van der Waals surface area (Å²) >= 11 is 0. The molecule has 1 aliphatic heterocycles. The molecular weight excluding hydrogens is 365 g/mol. The van der Waals surface area contributed by atoms with Gasteiger partial charge in [-0.3, -0.25) is 19.4 Å². The second-order valence-electron chi connectivity index (χ2n) is 6.42. The molecule has 3 heterocycles. The molecule has 25 heavy (non-hydrogen) atoms. The van der Waals surface area contributed by atoms with Crippen molar-refractivity contribution >= 4 is 41.8 Å². The van der Waals surface area contributed by atoms with E-state index in [2.05, 4.69) is 20.7 Å². The molecule has 3 rings (SSSR count). The standard InChI is InChI=1S/C16H23N5O2.2ClH/c1-8(11-5-17-6-11)15(22)18-7-12-9(2)13-14(19-10(12)3)21(4)20-16(13)23;;/h8,11,17H,5-7H2,1-4H3,(H,18,22)(H,20,23);2*1H. The fourth-order valence-corrected chi connectivity index (χ4v) is 3.12. The van der Waals surface area contributed by atoms with Gasteiger partial charge in [0.1, 0.15) is 0 Å². The molecule has 0 aromatic carbocycles. The average molecular weight is 390 g/mol. The molecule has 1 unspecified atom stereocenters. The quantitative estimate of drug-likeness (QED) is 0.732. The number of nitrogens with one attached hydrogen (secondary N) is 3. The summed E-state index contributed by atoms with van der Waals surface area (Å²) in [6.45, 7) is 7.99. The minimum atomic E-state index is -0.144. The Kier molecular flexibility index (Phi) is 7.05. The maximum absolute atomic E-state index is 12.3. The van der Waals surface area contributed by atoms with Gasteiger partial charge in [0.25, 0.3) is 5.56 Å². The fourth-order valence-electron chi connectivity index (χ4n) is 3.12. The Balaban J connectivity index is 0.00000156. The molecule has 0 saturated carbocycles. The SMILES string of the molecule is Cc1nc2c(c(C)c1CNC(=O)C(C)C1CNC1)c(=O)[nH]n2C.Cl.Cl. The number of hydrogen-bond donors (Lipinski definition) is 3. The topological polar surface area (TPSA) is 91.8 Å². The molecule has 0 aliphatic carbocycles. The molecule has 1 fully saturated rings. The van der Waals surface area contributed by atoms with Crippen LogP contribution in [-0.2, 0) is 18.4 Å². The van der Waals surface area contributed by atoms with Crippen LogP contribution in [0.4, 0.5) is 0 Å². The predicted octanol–water partition coefficient (Wildman–Crippen LogP) is 1.19. The number of H-pyrrole nitrogens is 1. The Labute approximate surface area is 158 Å². The van der Waals surface area contributed by atoms with Gasteiger partial charge in [-0.1, -0.05) is 6.92 Å². The summed E-state index contributed by atoms with van der Waals surface area (Å²) in [6.07, 6.45) is 0. The van der Waals surface area contributed by atoms with E-state index < -0.39 is 0 Å². The molecule has 1 atom stereocenters. The van der Waals surface area contributed by atoms with Crippen molar-refractivity contribution in [3.8, 4) is 0 Å². The lowest BCUT2D eigenvalue weighted by Crippen LogP contribution is -2.49. The maximum Gasteiger partial charge on any atom is 0.273 e. The van der Waals surface area contributed by atoms with Crippen LogP contribution in [-0.4, -0.2) is 33.8 Å². The first-order valence-electron chi connectivity index (χ1n) is 7.93. The summed E-state index contributed by atoms with van der Waals surface area (Å²) < 4.78 is 1.63. The first kappa shape index (κ1) is 21.5. The molecule has 2 aromatic rings. The molecule has 1 amide bonds. The summed E-state index contributed by atoms with van der Waals surface area (Å²) in [5.74, 6) is 0.459. The third-order valence-electron chi connectivity index (χ3n) is 4.95. The minimum Gasteiger partial charge on any atom is -0.352 e. The van der Waals surface area contributed by atoms with Crippen LogP contribution < -0.4 is 16.2 Å². The Hall–Kier alpha value is -1.57. The Morgan fingerprint density at radius 3 is 2.56 bits per heavy atom. The number of halogens is 2. The van der Waals surface area contributed by atoms with Crippen LogP contribution in [0.5, 0.6) is 0 Å². The van der Waals surface area contributed by atoms with Gasteiger partial charge >= 0.3 is 0 Å². The maximum atomic E-state index is 12.3. The van der Waals surface area contributed by atoms with Gasteiger partial charge in [0, 0.05) is 25.2 Å². The van der Waals surface area contributed by atoms with Gasteiger partial charge in [-0.2, -0.15) is 0 Å². The number of carbonyl (C=O) groups excluding carboxylic acids is 1. The van der Waals surface area contributed by atoms with Crippen LogP contribution in [0, 0.1) is 25.7 Å². The van der Waals surface area contributed by atoms with Crippen molar-refractivity contribution in [1.29, 1.82) is 0 Å². The van der Waals surface area contributed by atoms with E-state index in [0.717, 1.165) is 29.9 Å². The third kappa shape index (κ3) is 3.83. The van der Waals surface area contributed by atoms with Crippen molar-refractivity contribution in [2.45, 2.75) is 27.3 Å². The van der Waals surface area contributed by atoms with E-state index in [1.807, 2.05) is 20.8 Å². The number of aromatic nitrogens is 3. The van der Waals surface area contributed by atoms with Gasteiger partial charge in [-0.15, -0.1) is 24.8 Å². The number of carbonyl (C=O) groups is 1. The van der Waals surface area contributed by atoms with Crippen molar-refractivity contribution < 1.29 is 4.79 Å². The number of aryl methyl sites for hydroxylation is 3. The zero-order chi connectivity index (χ0) is 16.7. The van der Waals surface area contributed by atoms with Crippen molar-refractivity contribution in [2.24, 2.45) is 18.9 Å². The van der Waals surface area contributed by atoms with Gasteiger partial charge in [0.2, 0.25) is 5.91 Å². The summed E-state index contributed by atoms with van der Waals surface area (Å²) in [5.41, 5.74) is 3.14. The molecular formula is C16H25Cl2N5O2. The molecule has 3 N–H and O–H groups in total. The number of pyridine rings is 1. The zero-order valence-electron chi connectivity index (χ0n) is 14.8. The highest BCUT2D eigenvalue weighted by Crippen LogP contribution is 2.20. The minimum absolute atomic E-state index is 0. The monoisotopic (exact) mass is 389 g/mol. The number of hydrogen-bond acceptors (Lipinski definition) is 4. The Morgan fingerprint density at radius 2 is 2.00 bits per heavy atom. The van der Waals surface area contributed by atoms with E-state index in [1.165, 1.54) is 0 Å². The zero-order valence-corrected chi connectivity index (χ0v) is 16.4. The van der Waals surface area contributed by atoms with Gasteiger partial charge in [0.15, 0.2) is 5.65 Å². The molecule has 2 aromatic heterocycles. The summed E-state index contributed by atoms with van der Waals surface area (Å²) in [7, 11) is 1.77. The van der Waals surface area contributed by atoms with Crippen LogP contribution >= 0.6 is 24.8 Å². The van der Waals surface area contributed by atoms with Crippen molar-refractivity contribution in [1.82, 2.24) is 25.4 Å². The predicted molar refractivity (Wildman–Crippen MR) is 103 cm³/mol. The lowest BCUT2D eigenvalue weighted by Gasteiger charge is -2.31. The summed E-state index contributed by atoms with van der Waals surface area (Å²) in [5, 5.41) is 9.51. The van der Waals surface area contributed by atoms with Gasteiger partial charge in [-0.25, -0.2) is 4.98 Å².